The van der Waals surface area contributed by atoms with E-state index in [9.17, 15) is 13.2 Å². The standard InChI is InChI=1S/C14H12F3NO/c15-11-5-2-4-10(13(11)17)8-19-14-9(7-18)3-1-6-12(14)16/h1-6H,7-8,18H2. The lowest BCUT2D eigenvalue weighted by atomic mass is 10.2. The molecule has 0 heterocycles. The minimum absolute atomic E-state index is 0.0197. The summed E-state index contributed by atoms with van der Waals surface area (Å²) in [6, 6.07) is 8.08. The summed E-state index contributed by atoms with van der Waals surface area (Å²) < 4.78 is 45.2. The maximum absolute atomic E-state index is 13.6. The van der Waals surface area contributed by atoms with E-state index in [2.05, 4.69) is 0 Å². The first kappa shape index (κ1) is 13.4. The molecule has 0 aliphatic heterocycles. The topological polar surface area (TPSA) is 35.2 Å². The van der Waals surface area contributed by atoms with Crippen molar-refractivity contribution in [2.24, 2.45) is 5.73 Å². The summed E-state index contributed by atoms with van der Waals surface area (Å²) in [6.07, 6.45) is 0. The molecular formula is C14H12F3NO. The maximum atomic E-state index is 13.6. The van der Waals surface area contributed by atoms with Crippen molar-refractivity contribution in [2.45, 2.75) is 13.2 Å². The summed E-state index contributed by atoms with van der Waals surface area (Å²) in [6.45, 7) is -0.170. The number of benzene rings is 2. The van der Waals surface area contributed by atoms with Crippen molar-refractivity contribution in [3.8, 4) is 5.75 Å². The average Bonchev–Trinajstić information content (AvgIpc) is 2.41. The summed E-state index contributed by atoms with van der Waals surface area (Å²) in [4.78, 5) is 0. The lowest BCUT2D eigenvalue weighted by molar-refractivity contribution is 0.279. The van der Waals surface area contributed by atoms with Gasteiger partial charge in [-0.3, -0.25) is 0 Å². The molecule has 0 aromatic heterocycles. The third-order valence-electron chi connectivity index (χ3n) is 2.67. The highest BCUT2D eigenvalue weighted by Gasteiger charge is 2.12. The van der Waals surface area contributed by atoms with E-state index in [0.717, 1.165) is 6.07 Å². The number of halogens is 3. The van der Waals surface area contributed by atoms with Crippen LogP contribution < -0.4 is 10.5 Å². The van der Waals surface area contributed by atoms with Crippen molar-refractivity contribution in [1.82, 2.24) is 0 Å². The third kappa shape index (κ3) is 2.88. The van der Waals surface area contributed by atoms with Crippen LogP contribution in [0.15, 0.2) is 36.4 Å². The number of nitrogens with two attached hydrogens (primary N) is 1. The van der Waals surface area contributed by atoms with Gasteiger partial charge in [0.2, 0.25) is 0 Å². The van der Waals surface area contributed by atoms with Crippen molar-refractivity contribution in [1.29, 1.82) is 0 Å². The molecule has 19 heavy (non-hydrogen) atoms. The van der Waals surface area contributed by atoms with Crippen LogP contribution in [-0.4, -0.2) is 0 Å². The van der Waals surface area contributed by atoms with Crippen LogP contribution in [0.3, 0.4) is 0 Å². The van der Waals surface area contributed by atoms with Gasteiger partial charge in [-0.15, -0.1) is 0 Å². The summed E-state index contributed by atoms with van der Waals surface area (Å²) in [5.41, 5.74) is 5.95. The molecule has 0 spiro atoms. The molecule has 2 N–H and O–H groups in total. The Kier molecular flexibility index (Phi) is 4.06. The Labute approximate surface area is 108 Å². The normalized spacial score (nSPS) is 10.5. The van der Waals surface area contributed by atoms with E-state index in [0.29, 0.717) is 5.56 Å². The Morgan fingerprint density at radius 2 is 1.53 bits per heavy atom. The Hall–Kier alpha value is -2.01. The van der Waals surface area contributed by atoms with E-state index in [1.54, 1.807) is 6.07 Å². The van der Waals surface area contributed by atoms with Gasteiger partial charge in [-0.05, 0) is 12.1 Å². The van der Waals surface area contributed by atoms with Crippen LogP contribution in [0, 0.1) is 17.5 Å². The monoisotopic (exact) mass is 267 g/mol. The van der Waals surface area contributed by atoms with E-state index in [1.807, 2.05) is 0 Å². The molecule has 0 aliphatic rings. The van der Waals surface area contributed by atoms with Gasteiger partial charge in [0.25, 0.3) is 0 Å². The van der Waals surface area contributed by atoms with E-state index < -0.39 is 17.5 Å². The molecule has 2 aromatic carbocycles. The molecule has 0 saturated heterocycles. The van der Waals surface area contributed by atoms with Gasteiger partial charge in [0.15, 0.2) is 23.2 Å². The predicted molar refractivity (Wildman–Crippen MR) is 65.0 cm³/mol. The average molecular weight is 267 g/mol. The zero-order valence-electron chi connectivity index (χ0n) is 10.00. The largest absolute Gasteiger partial charge is 0.485 e. The van der Waals surface area contributed by atoms with Gasteiger partial charge < -0.3 is 10.5 Å². The number of hydrogen-bond donors (Lipinski definition) is 1. The number of hydrogen-bond acceptors (Lipinski definition) is 2. The Morgan fingerprint density at radius 1 is 0.895 bits per heavy atom. The number of para-hydroxylation sites is 1. The van der Waals surface area contributed by atoms with Gasteiger partial charge in [-0.2, -0.15) is 0 Å². The molecule has 0 fully saturated rings. The Balaban J connectivity index is 2.21. The molecule has 100 valence electrons. The fourth-order valence-corrected chi connectivity index (χ4v) is 1.69. The molecule has 0 aliphatic carbocycles. The molecule has 5 heteroatoms. The molecule has 2 aromatic rings. The summed E-state index contributed by atoms with van der Waals surface area (Å²) in [5, 5.41) is 0. The predicted octanol–water partition coefficient (Wildman–Crippen LogP) is 3.14. The van der Waals surface area contributed by atoms with Crippen LogP contribution in [0.4, 0.5) is 13.2 Å². The zero-order valence-corrected chi connectivity index (χ0v) is 10.00. The van der Waals surface area contributed by atoms with Crippen molar-refractivity contribution in [3.05, 3.63) is 65.0 Å². The lowest BCUT2D eigenvalue weighted by Crippen LogP contribution is -2.06. The van der Waals surface area contributed by atoms with Crippen LogP contribution in [0.5, 0.6) is 5.75 Å². The van der Waals surface area contributed by atoms with Crippen molar-refractivity contribution < 1.29 is 17.9 Å². The lowest BCUT2D eigenvalue weighted by Gasteiger charge is -2.11. The van der Waals surface area contributed by atoms with E-state index in [-0.39, 0.29) is 24.5 Å². The minimum Gasteiger partial charge on any atom is -0.485 e. The van der Waals surface area contributed by atoms with Crippen LogP contribution >= 0.6 is 0 Å². The molecule has 2 nitrogen and oxygen atoms in total. The number of ether oxygens (including phenoxy) is 1. The first-order valence-corrected chi connectivity index (χ1v) is 5.66. The number of rotatable bonds is 4. The second kappa shape index (κ2) is 5.75. The molecule has 0 bridgehead atoms. The van der Waals surface area contributed by atoms with Crippen molar-refractivity contribution >= 4 is 0 Å². The smallest absolute Gasteiger partial charge is 0.165 e. The van der Waals surface area contributed by atoms with Crippen LogP contribution in [-0.2, 0) is 13.2 Å². The van der Waals surface area contributed by atoms with Crippen LogP contribution in [0.1, 0.15) is 11.1 Å². The fraction of sp³-hybridized carbons (Fsp3) is 0.143. The SMILES string of the molecule is NCc1cccc(F)c1OCc1cccc(F)c1F. The first-order chi connectivity index (χ1) is 9.13. The summed E-state index contributed by atoms with van der Waals surface area (Å²) >= 11 is 0. The van der Waals surface area contributed by atoms with Gasteiger partial charge >= 0.3 is 0 Å². The molecule has 2 rings (SSSR count). The quantitative estimate of drug-likeness (QED) is 0.923. The Bertz CT molecular complexity index is 587. The van der Waals surface area contributed by atoms with Gasteiger partial charge in [0, 0.05) is 17.7 Å². The summed E-state index contributed by atoms with van der Waals surface area (Å²) in [5.74, 6) is -2.57. The molecule has 0 atom stereocenters. The third-order valence-corrected chi connectivity index (χ3v) is 2.67. The molecule has 0 radical (unpaired) electrons. The van der Waals surface area contributed by atoms with E-state index in [4.69, 9.17) is 10.5 Å². The molecule has 0 saturated carbocycles. The van der Waals surface area contributed by atoms with Gasteiger partial charge in [0.05, 0.1) is 0 Å². The molecular weight excluding hydrogens is 255 g/mol. The fourth-order valence-electron chi connectivity index (χ4n) is 1.69. The molecule has 0 amide bonds. The van der Waals surface area contributed by atoms with Crippen LogP contribution in [0.25, 0.3) is 0 Å². The van der Waals surface area contributed by atoms with E-state index >= 15 is 0 Å². The van der Waals surface area contributed by atoms with Crippen LogP contribution in [0.2, 0.25) is 0 Å². The van der Waals surface area contributed by atoms with Gasteiger partial charge in [-0.1, -0.05) is 24.3 Å². The zero-order chi connectivity index (χ0) is 13.8. The first-order valence-electron chi connectivity index (χ1n) is 5.66. The van der Waals surface area contributed by atoms with Crippen molar-refractivity contribution in [3.63, 3.8) is 0 Å². The highest BCUT2D eigenvalue weighted by atomic mass is 19.2. The maximum Gasteiger partial charge on any atom is 0.165 e. The molecule has 0 unspecified atom stereocenters. The van der Waals surface area contributed by atoms with Gasteiger partial charge in [-0.25, -0.2) is 13.2 Å². The second-order valence-electron chi connectivity index (χ2n) is 3.93. The summed E-state index contributed by atoms with van der Waals surface area (Å²) in [7, 11) is 0. The Morgan fingerprint density at radius 3 is 2.21 bits per heavy atom. The highest BCUT2D eigenvalue weighted by molar-refractivity contribution is 5.35. The second-order valence-corrected chi connectivity index (χ2v) is 3.93. The van der Waals surface area contributed by atoms with Crippen molar-refractivity contribution in [2.75, 3.05) is 0 Å². The van der Waals surface area contributed by atoms with E-state index in [1.165, 1.54) is 24.3 Å². The van der Waals surface area contributed by atoms with Gasteiger partial charge in [0.1, 0.15) is 6.61 Å². The highest BCUT2D eigenvalue weighted by Crippen LogP contribution is 2.24. The minimum atomic E-state index is -0.992.